The standard InChI is InChI=1S/C11H7F2NO/c12-9-3-1-8(7-10(9)13)2-4-11-14-5-6-15-11/h1-7H. The summed E-state index contributed by atoms with van der Waals surface area (Å²) in [6, 6.07) is 3.65. The highest BCUT2D eigenvalue weighted by molar-refractivity contribution is 5.65. The lowest BCUT2D eigenvalue weighted by molar-refractivity contribution is 0.508. The number of hydrogen-bond donors (Lipinski definition) is 0. The molecule has 0 amide bonds. The minimum atomic E-state index is -0.871. The minimum Gasteiger partial charge on any atom is -0.445 e. The number of benzene rings is 1. The predicted octanol–water partition coefficient (Wildman–Crippen LogP) is 3.12. The Kier molecular flexibility index (Phi) is 2.58. The molecule has 0 spiro atoms. The molecule has 0 saturated heterocycles. The summed E-state index contributed by atoms with van der Waals surface area (Å²) in [5.74, 6) is -1.31. The van der Waals surface area contributed by atoms with E-state index < -0.39 is 11.6 Å². The lowest BCUT2D eigenvalue weighted by Gasteiger charge is -1.94. The topological polar surface area (TPSA) is 26.0 Å². The molecule has 0 saturated carbocycles. The van der Waals surface area contributed by atoms with Crippen LogP contribution in [0.5, 0.6) is 0 Å². The second-order valence-corrected chi connectivity index (χ2v) is 2.88. The van der Waals surface area contributed by atoms with Crippen LogP contribution >= 0.6 is 0 Å². The largest absolute Gasteiger partial charge is 0.445 e. The molecule has 2 rings (SSSR count). The van der Waals surface area contributed by atoms with Gasteiger partial charge >= 0.3 is 0 Å². The lowest BCUT2D eigenvalue weighted by atomic mass is 10.2. The van der Waals surface area contributed by atoms with Crippen LogP contribution < -0.4 is 0 Å². The second kappa shape index (κ2) is 4.04. The van der Waals surface area contributed by atoms with Gasteiger partial charge < -0.3 is 4.42 Å². The average Bonchev–Trinajstić information content (AvgIpc) is 2.73. The Morgan fingerprint density at radius 3 is 2.67 bits per heavy atom. The Morgan fingerprint density at radius 2 is 2.00 bits per heavy atom. The van der Waals surface area contributed by atoms with Crippen LogP contribution in [0, 0.1) is 11.6 Å². The van der Waals surface area contributed by atoms with Crippen LogP contribution in [0.25, 0.3) is 12.2 Å². The zero-order valence-electron chi connectivity index (χ0n) is 7.65. The van der Waals surface area contributed by atoms with Gasteiger partial charge in [-0.15, -0.1) is 0 Å². The molecule has 0 atom stereocenters. The molecule has 0 N–H and O–H groups in total. The third-order valence-corrected chi connectivity index (χ3v) is 1.81. The summed E-state index contributed by atoms with van der Waals surface area (Å²) < 4.78 is 30.3. The molecule has 1 aromatic heterocycles. The highest BCUT2D eigenvalue weighted by Crippen LogP contribution is 2.11. The monoisotopic (exact) mass is 207 g/mol. The maximum absolute atomic E-state index is 12.8. The van der Waals surface area contributed by atoms with Gasteiger partial charge in [0.15, 0.2) is 11.6 Å². The van der Waals surface area contributed by atoms with Crippen LogP contribution in [0.3, 0.4) is 0 Å². The van der Waals surface area contributed by atoms with E-state index in [-0.39, 0.29) is 0 Å². The van der Waals surface area contributed by atoms with Gasteiger partial charge in [0.25, 0.3) is 0 Å². The molecule has 0 bridgehead atoms. The van der Waals surface area contributed by atoms with Crippen molar-refractivity contribution >= 4 is 12.2 Å². The highest BCUT2D eigenvalue weighted by atomic mass is 19.2. The second-order valence-electron chi connectivity index (χ2n) is 2.88. The summed E-state index contributed by atoms with van der Waals surface area (Å²) in [5.41, 5.74) is 0.548. The SMILES string of the molecule is Fc1ccc(C=Cc2ncco2)cc1F. The first-order valence-corrected chi connectivity index (χ1v) is 4.28. The molecule has 4 heteroatoms. The van der Waals surface area contributed by atoms with Gasteiger partial charge in [-0.25, -0.2) is 13.8 Å². The van der Waals surface area contributed by atoms with Crippen molar-refractivity contribution in [3.05, 3.63) is 53.7 Å². The van der Waals surface area contributed by atoms with Gasteiger partial charge in [0.2, 0.25) is 5.89 Å². The van der Waals surface area contributed by atoms with Crippen LogP contribution in [0.1, 0.15) is 11.5 Å². The molecule has 1 aromatic carbocycles. The van der Waals surface area contributed by atoms with Gasteiger partial charge in [0, 0.05) is 6.08 Å². The molecule has 0 aliphatic rings. The van der Waals surface area contributed by atoms with Gasteiger partial charge in [-0.3, -0.25) is 0 Å². The van der Waals surface area contributed by atoms with Gasteiger partial charge in [0.05, 0.1) is 6.20 Å². The van der Waals surface area contributed by atoms with Crippen LogP contribution in [0.4, 0.5) is 8.78 Å². The Bertz CT molecular complexity index is 477. The van der Waals surface area contributed by atoms with Gasteiger partial charge in [-0.1, -0.05) is 6.07 Å². The summed E-state index contributed by atoms with van der Waals surface area (Å²) in [7, 11) is 0. The van der Waals surface area contributed by atoms with E-state index in [9.17, 15) is 8.78 Å². The van der Waals surface area contributed by atoms with E-state index >= 15 is 0 Å². The Labute approximate surface area is 84.9 Å². The summed E-state index contributed by atoms with van der Waals surface area (Å²) in [6.07, 6.45) is 6.11. The number of halogens is 2. The molecular weight excluding hydrogens is 200 g/mol. The molecule has 76 valence electrons. The highest BCUT2D eigenvalue weighted by Gasteiger charge is 2.00. The third-order valence-electron chi connectivity index (χ3n) is 1.81. The normalized spacial score (nSPS) is 11.1. The van der Waals surface area contributed by atoms with Crippen molar-refractivity contribution in [2.45, 2.75) is 0 Å². The number of oxazole rings is 1. The first-order chi connectivity index (χ1) is 7.25. The van der Waals surface area contributed by atoms with E-state index in [1.54, 1.807) is 12.2 Å². The van der Waals surface area contributed by atoms with E-state index in [1.165, 1.54) is 18.5 Å². The molecule has 15 heavy (non-hydrogen) atoms. The smallest absolute Gasteiger partial charge is 0.218 e. The molecule has 2 aromatic rings. The van der Waals surface area contributed by atoms with Crippen molar-refractivity contribution in [1.82, 2.24) is 4.98 Å². The Balaban J connectivity index is 2.21. The van der Waals surface area contributed by atoms with Crippen LogP contribution in [-0.2, 0) is 0 Å². The third kappa shape index (κ3) is 2.28. The van der Waals surface area contributed by atoms with E-state index in [0.29, 0.717) is 11.5 Å². The Morgan fingerprint density at radius 1 is 1.13 bits per heavy atom. The first kappa shape index (κ1) is 9.58. The van der Waals surface area contributed by atoms with Crippen molar-refractivity contribution in [3.63, 3.8) is 0 Å². The van der Waals surface area contributed by atoms with Crippen molar-refractivity contribution < 1.29 is 13.2 Å². The predicted molar refractivity (Wildman–Crippen MR) is 51.8 cm³/mol. The summed E-state index contributed by atoms with van der Waals surface area (Å²) in [4.78, 5) is 3.85. The first-order valence-electron chi connectivity index (χ1n) is 4.28. The van der Waals surface area contributed by atoms with Crippen molar-refractivity contribution in [1.29, 1.82) is 0 Å². The maximum Gasteiger partial charge on any atom is 0.218 e. The molecule has 0 unspecified atom stereocenters. The molecule has 0 aliphatic carbocycles. The van der Waals surface area contributed by atoms with Crippen molar-refractivity contribution in [2.75, 3.05) is 0 Å². The molecule has 0 radical (unpaired) electrons. The van der Waals surface area contributed by atoms with E-state index in [0.717, 1.165) is 12.1 Å². The van der Waals surface area contributed by atoms with Crippen molar-refractivity contribution in [2.24, 2.45) is 0 Å². The van der Waals surface area contributed by atoms with Gasteiger partial charge in [-0.05, 0) is 23.8 Å². The molecule has 0 aliphatic heterocycles. The fourth-order valence-electron chi connectivity index (χ4n) is 1.10. The summed E-state index contributed by atoms with van der Waals surface area (Å²) in [5, 5.41) is 0. The fourth-order valence-corrected chi connectivity index (χ4v) is 1.10. The molecular formula is C11H7F2NO. The van der Waals surface area contributed by atoms with E-state index in [4.69, 9.17) is 4.42 Å². The lowest BCUT2D eigenvalue weighted by Crippen LogP contribution is -1.83. The van der Waals surface area contributed by atoms with Gasteiger partial charge in [-0.2, -0.15) is 0 Å². The molecule has 0 fully saturated rings. The quantitative estimate of drug-likeness (QED) is 0.756. The molecule has 2 nitrogen and oxygen atoms in total. The van der Waals surface area contributed by atoms with Crippen LogP contribution in [-0.4, -0.2) is 4.98 Å². The van der Waals surface area contributed by atoms with Gasteiger partial charge in [0.1, 0.15) is 6.26 Å². The summed E-state index contributed by atoms with van der Waals surface area (Å²) in [6.45, 7) is 0. The van der Waals surface area contributed by atoms with Crippen LogP contribution in [0.15, 0.2) is 35.1 Å². The number of hydrogen-bond acceptors (Lipinski definition) is 2. The van der Waals surface area contributed by atoms with E-state index in [2.05, 4.69) is 4.98 Å². The zero-order valence-corrected chi connectivity index (χ0v) is 7.65. The van der Waals surface area contributed by atoms with Crippen molar-refractivity contribution in [3.8, 4) is 0 Å². The number of aromatic nitrogens is 1. The average molecular weight is 207 g/mol. The molecule has 1 heterocycles. The van der Waals surface area contributed by atoms with E-state index in [1.807, 2.05) is 0 Å². The number of nitrogens with zero attached hydrogens (tertiary/aromatic N) is 1. The maximum atomic E-state index is 12.8. The van der Waals surface area contributed by atoms with Crippen LogP contribution in [0.2, 0.25) is 0 Å². The summed E-state index contributed by atoms with van der Waals surface area (Å²) >= 11 is 0. The fraction of sp³-hybridized carbons (Fsp3) is 0. The number of rotatable bonds is 2. The minimum absolute atomic E-state index is 0.416. The Hall–Kier alpha value is -1.97. The zero-order chi connectivity index (χ0) is 10.7.